The van der Waals surface area contributed by atoms with Crippen molar-refractivity contribution in [1.29, 1.82) is 0 Å². The maximum Gasteiger partial charge on any atom is 0.330 e. The van der Waals surface area contributed by atoms with Crippen molar-refractivity contribution in [2.24, 2.45) is 14.1 Å². The monoisotopic (exact) mass is 398 g/mol. The normalized spacial score (nSPS) is 15.0. The van der Waals surface area contributed by atoms with Gasteiger partial charge in [0.05, 0.1) is 18.8 Å². The predicted octanol–water partition coefficient (Wildman–Crippen LogP) is 0.611. The summed E-state index contributed by atoms with van der Waals surface area (Å²) in [6.07, 6.45) is 5.06. The van der Waals surface area contributed by atoms with E-state index in [0.29, 0.717) is 5.69 Å². The maximum absolute atomic E-state index is 12.2. The van der Waals surface area contributed by atoms with Crippen LogP contribution in [0.15, 0.2) is 46.1 Å². The SMILES string of the molecule is Cn1cc(C=CC(=O)Nc2ccc(CCN3CCOCC3)cc2)c(=O)n(C)c1=O. The van der Waals surface area contributed by atoms with Gasteiger partial charge in [0, 0.05) is 51.7 Å². The number of aryl methyl sites for hydroxylation is 1. The molecular weight excluding hydrogens is 372 g/mol. The van der Waals surface area contributed by atoms with Crippen molar-refractivity contribution in [2.75, 3.05) is 38.2 Å². The van der Waals surface area contributed by atoms with Crippen LogP contribution in [0.25, 0.3) is 6.08 Å². The minimum absolute atomic E-state index is 0.267. The second-order valence-electron chi connectivity index (χ2n) is 7.07. The van der Waals surface area contributed by atoms with Crippen LogP contribution in [0.3, 0.4) is 0 Å². The van der Waals surface area contributed by atoms with Gasteiger partial charge >= 0.3 is 5.69 Å². The number of rotatable bonds is 6. The minimum atomic E-state index is -0.443. The van der Waals surface area contributed by atoms with E-state index in [-0.39, 0.29) is 11.5 Å². The Labute approximate surface area is 169 Å². The van der Waals surface area contributed by atoms with Crippen LogP contribution in [-0.4, -0.2) is 52.8 Å². The van der Waals surface area contributed by atoms with Crippen molar-refractivity contribution in [1.82, 2.24) is 14.0 Å². The Morgan fingerprint density at radius 1 is 1.14 bits per heavy atom. The van der Waals surface area contributed by atoms with Crippen LogP contribution < -0.4 is 16.6 Å². The zero-order chi connectivity index (χ0) is 20.8. The molecule has 1 amide bonds. The van der Waals surface area contributed by atoms with Gasteiger partial charge in [0.2, 0.25) is 5.91 Å². The van der Waals surface area contributed by atoms with Crippen LogP contribution in [0.1, 0.15) is 11.1 Å². The molecule has 1 aliphatic rings. The van der Waals surface area contributed by atoms with E-state index in [4.69, 9.17) is 4.74 Å². The standard InChI is InChI=1S/C21H26N4O4/c1-23-15-17(20(27)24(2)21(23)28)5-8-19(26)22-18-6-3-16(4-7-18)9-10-25-11-13-29-14-12-25/h3-8,15H,9-14H2,1-2H3,(H,22,26). The number of carbonyl (C=O) groups excluding carboxylic acids is 1. The van der Waals surface area contributed by atoms with Crippen molar-refractivity contribution in [3.63, 3.8) is 0 Å². The summed E-state index contributed by atoms with van der Waals surface area (Å²) in [7, 11) is 2.96. The van der Waals surface area contributed by atoms with Gasteiger partial charge in [-0.25, -0.2) is 4.79 Å². The van der Waals surface area contributed by atoms with E-state index in [1.807, 2.05) is 24.3 Å². The Kier molecular flexibility index (Phi) is 6.79. The van der Waals surface area contributed by atoms with E-state index in [0.717, 1.165) is 43.8 Å². The number of amides is 1. The fourth-order valence-corrected chi connectivity index (χ4v) is 3.17. The Hall–Kier alpha value is -2.97. The molecule has 1 aromatic heterocycles. The van der Waals surface area contributed by atoms with Gasteiger partial charge in [0.15, 0.2) is 0 Å². The van der Waals surface area contributed by atoms with Crippen molar-refractivity contribution in [2.45, 2.75) is 6.42 Å². The summed E-state index contributed by atoms with van der Waals surface area (Å²) in [5.74, 6) is -0.345. The molecule has 0 radical (unpaired) electrons. The molecule has 1 fully saturated rings. The molecule has 0 bridgehead atoms. The number of hydrogen-bond acceptors (Lipinski definition) is 5. The summed E-state index contributed by atoms with van der Waals surface area (Å²) in [5.41, 5.74) is 1.30. The average molecular weight is 398 g/mol. The number of carbonyl (C=O) groups is 1. The number of anilines is 1. The number of nitrogens with one attached hydrogen (secondary N) is 1. The van der Waals surface area contributed by atoms with E-state index >= 15 is 0 Å². The first-order valence-corrected chi connectivity index (χ1v) is 9.59. The van der Waals surface area contributed by atoms with Gasteiger partial charge in [-0.3, -0.25) is 19.1 Å². The molecule has 1 aliphatic heterocycles. The van der Waals surface area contributed by atoms with Crippen LogP contribution in [0.4, 0.5) is 5.69 Å². The first-order valence-electron chi connectivity index (χ1n) is 9.59. The number of hydrogen-bond donors (Lipinski definition) is 1. The first kappa shape index (κ1) is 20.8. The third-order valence-electron chi connectivity index (χ3n) is 4.93. The highest BCUT2D eigenvalue weighted by Crippen LogP contribution is 2.11. The van der Waals surface area contributed by atoms with Crippen LogP contribution in [0.2, 0.25) is 0 Å². The number of ether oxygens (including phenoxy) is 1. The van der Waals surface area contributed by atoms with Crippen molar-refractivity contribution >= 4 is 17.7 Å². The van der Waals surface area contributed by atoms with Gasteiger partial charge in [-0.05, 0) is 30.2 Å². The number of benzene rings is 1. The number of aromatic nitrogens is 2. The molecule has 29 heavy (non-hydrogen) atoms. The highest BCUT2D eigenvalue weighted by Gasteiger charge is 2.10. The summed E-state index contributed by atoms with van der Waals surface area (Å²) in [4.78, 5) is 38.3. The summed E-state index contributed by atoms with van der Waals surface area (Å²) < 4.78 is 7.66. The molecule has 154 valence electrons. The van der Waals surface area contributed by atoms with Crippen LogP contribution in [-0.2, 0) is 30.0 Å². The van der Waals surface area contributed by atoms with E-state index in [1.165, 1.54) is 35.5 Å². The quantitative estimate of drug-likeness (QED) is 0.721. The van der Waals surface area contributed by atoms with E-state index in [2.05, 4.69) is 10.2 Å². The third kappa shape index (κ3) is 5.52. The third-order valence-corrected chi connectivity index (χ3v) is 4.93. The van der Waals surface area contributed by atoms with E-state index in [1.54, 1.807) is 7.05 Å². The fraction of sp³-hybridized carbons (Fsp3) is 0.381. The van der Waals surface area contributed by atoms with E-state index < -0.39 is 11.2 Å². The fourth-order valence-electron chi connectivity index (χ4n) is 3.17. The summed E-state index contributed by atoms with van der Waals surface area (Å²) in [6.45, 7) is 4.53. The van der Waals surface area contributed by atoms with Gasteiger partial charge in [0.25, 0.3) is 5.56 Å². The van der Waals surface area contributed by atoms with Gasteiger partial charge < -0.3 is 14.6 Å². The van der Waals surface area contributed by atoms with Crippen LogP contribution >= 0.6 is 0 Å². The molecular formula is C21H26N4O4. The number of morpholine rings is 1. The summed E-state index contributed by atoms with van der Waals surface area (Å²) in [5, 5.41) is 2.77. The second-order valence-corrected chi connectivity index (χ2v) is 7.07. The molecule has 0 aliphatic carbocycles. The smallest absolute Gasteiger partial charge is 0.330 e. The highest BCUT2D eigenvalue weighted by atomic mass is 16.5. The molecule has 1 aromatic carbocycles. The average Bonchev–Trinajstić information content (AvgIpc) is 2.74. The van der Waals surface area contributed by atoms with E-state index in [9.17, 15) is 14.4 Å². The molecule has 1 saturated heterocycles. The number of nitrogens with zero attached hydrogens (tertiary/aromatic N) is 3. The maximum atomic E-state index is 12.2. The topological polar surface area (TPSA) is 85.6 Å². The second kappa shape index (κ2) is 9.49. The van der Waals surface area contributed by atoms with Gasteiger partial charge in [0.1, 0.15) is 0 Å². The molecule has 2 heterocycles. The highest BCUT2D eigenvalue weighted by molar-refractivity contribution is 6.01. The van der Waals surface area contributed by atoms with Gasteiger partial charge in [-0.1, -0.05) is 12.1 Å². The Morgan fingerprint density at radius 3 is 2.52 bits per heavy atom. The molecule has 1 N–H and O–H groups in total. The van der Waals surface area contributed by atoms with Gasteiger partial charge in [-0.15, -0.1) is 0 Å². The van der Waals surface area contributed by atoms with Gasteiger partial charge in [-0.2, -0.15) is 0 Å². The molecule has 0 spiro atoms. The minimum Gasteiger partial charge on any atom is -0.379 e. The summed E-state index contributed by atoms with van der Waals surface area (Å²) in [6, 6.07) is 7.74. The zero-order valence-electron chi connectivity index (χ0n) is 16.8. The molecule has 3 rings (SSSR count). The van der Waals surface area contributed by atoms with Crippen LogP contribution in [0.5, 0.6) is 0 Å². The molecule has 0 unspecified atom stereocenters. The zero-order valence-corrected chi connectivity index (χ0v) is 16.8. The lowest BCUT2D eigenvalue weighted by Gasteiger charge is -2.26. The molecule has 8 heteroatoms. The molecule has 8 nitrogen and oxygen atoms in total. The van der Waals surface area contributed by atoms with Crippen molar-refractivity contribution in [3.05, 3.63) is 68.5 Å². The Balaban J connectivity index is 1.56. The lowest BCUT2D eigenvalue weighted by molar-refractivity contribution is -0.111. The first-order chi connectivity index (χ1) is 13.9. The van der Waals surface area contributed by atoms with Crippen molar-refractivity contribution < 1.29 is 9.53 Å². The molecule has 0 atom stereocenters. The Bertz CT molecular complexity index is 999. The lowest BCUT2D eigenvalue weighted by Crippen LogP contribution is -2.37. The van der Waals surface area contributed by atoms with Crippen LogP contribution in [0, 0.1) is 0 Å². The molecule has 2 aromatic rings. The predicted molar refractivity (Wildman–Crippen MR) is 112 cm³/mol. The largest absolute Gasteiger partial charge is 0.379 e. The van der Waals surface area contributed by atoms with Crippen molar-refractivity contribution in [3.8, 4) is 0 Å². The molecule has 0 saturated carbocycles. The lowest BCUT2D eigenvalue weighted by atomic mass is 10.1. The Morgan fingerprint density at radius 2 is 1.83 bits per heavy atom. The summed E-state index contributed by atoms with van der Waals surface area (Å²) >= 11 is 0.